The van der Waals surface area contributed by atoms with Crippen LogP contribution >= 0.6 is 23.2 Å². The number of hydrogen-bond acceptors (Lipinski definition) is 4. The molecule has 0 saturated carbocycles. The minimum Gasteiger partial charge on any atom is -0.231 e. The van der Waals surface area contributed by atoms with Gasteiger partial charge in [0, 0.05) is 23.2 Å². The van der Waals surface area contributed by atoms with E-state index in [4.69, 9.17) is 23.2 Å². The van der Waals surface area contributed by atoms with Crippen molar-refractivity contribution in [1.29, 1.82) is 0 Å². The summed E-state index contributed by atoms with van der Waals surface area (Å²) in [5, 5.41) is 17.2. The van der Waals surface area contributed by atoms with Gasteiger partial charge >= 0.3 is 0 Å². The first-order valence-electron chi connectivity index (χ1n) is 7.88. The molecule has 0 N–H and O–H groups in total. The second-order valence-corrected chi connectivity index (χ2v) is 6.73. The van der Waals surface area contributed by atoms with E-state index in [1.807, 2.05) is 55.2 Å². The molecule has 4 aromatic rings. The molecule has 8 heteroatoms. The predicted octanol–water partition coefficient (Wildman–Crippen LogP) is 4.35. The quantitative estimate of drug-likeness (QED) is 0.526. The van der Waals surface area contributed by atoms with Crippen LogP contribution < -0.4 is 0 Å². The monoisotopic (exact) mass is 384 g/mol. The van der Waals surface area contributed by atoms with E-state index < -0.39 is 0 Å². The molecule has 0 bridgehead atoms. The van der Waals surface area contributed by atoms with Gasteiger partial charge in [0.1, 0.15) is 0 Å². The average molecular weight is 385 g/mol. The molecule has 2 aromatic carbocycles. The van der Waals surface area contributed by atoms with Gasteiger partial charge in [-0.15, -0.1) is 5.10 Å². The number of halogens is 2. The summed E-state index contributed by atoms with van der Waals surface area (Å²) < 4.78 is 3.46. The van der Waals surface area contributed by atoms with Gasteiger partial charge in [0.25, 0.3) is 0 Å². The average Bonchev–Trinajstić information content (AvgIpc) is 3.21. The molecule has 0 saturated heterocycles. The van der Waals surface area contributed by atoms with E-state index in [0.29, 0.717) is 15.9 Å². The van der Waals surface area contributed by atoms with Crippen molar-refractivity contribution in [2.75, 3.05) is 0 Å². The second kappa shape index (κ2) is 6.55. The van der Waals surface area contributed by atoms with Crippen LogP contribution in [0.2, 0.25) is 10.0 Å². The third-order valence-corrected chi connectivity index (χ3v) is 4.66. The molecular weight excluding hydrogens is 371 g/mol. The zero-order valence-electron chi connectivity index (χ0n) is 14.1. The number of benzene rings is 2. The lowest BCUT2D eigenvalue weighted by Crippen LogP contribution is -2.00. The van der Waals surface area contributed by atoms with Crippen LogP contribution in [0.5, 0.6) is 0 Å². The molecule has 2 heterocycles. The zero-order valence-corrected chi connectivity index (χ0v) is 15.6. The van der Waals surface area contributed by atoms with Crippen LogP contribution in [0, 0.1) is 6.92 Å². The molecule has 6 nitrogen and oxygen atoms in total. The third kappa shape index (κ3) is 2.87. The normalized spacial score (nSPS) is 11.1. The van der Waals surface area contributed by atoms with Crippen molar-refractivity contribution in [3.63, 3.8) is 0 Å². The predicted molar refractivity (Wildman–Crippen MR) is 102 cm³/mol. The van der Waals surface area contributed by atoms with Crippen LogP contribution in [-0.4, -0.2) is 30.0 Å². The summed E-state index contributed by atoms with van der Waals surface area (Å²) in [7, 11) is 1.81. The summed E-state index contributed by atoms with van der Waals surface area (Å²) in [6, 6.07) is 13.4. The van der Waals surface area contributed by atoms with Crippen LogP contribution in [0.25, 0.3) is 28.3 Å². The summed E-state index contributed by atoms with van der Waals surface area (Å²) in [5.41, 5.74) is 4.75. The van der Waals surface area contributed by atoms with Crippen molar-refractivity contribution in [2.24, 2.45) is 7.05 Å². The summed E-state index contributed by atoms with van der Waals surface area (Å²) >= 11 is 12.4. The van der Waals surface area contributed by atoms with E-state index in [2.05, 4.69) is 20.6 Å². The fourth-order valence-corrected chi connectivity index (χ4v) is 3.36. The molecule has 0 aliphatic rings. The Morgan fingerprint density at radius 1 is 0.962 bits per heavy atom. The molecule has 0 spiro atoms. The van der Waals surface area contributed by atoms with E-state index in [0.717, 1.165) is 28.1 Å². The van der Waals surface area contributed by atoms with Gasteiger partial charge in [0.2, 0.25) is 0 Å². The molecule has 0 unspecified atom stereocenters. The molecule has 130 valence electrons. The molecule has 4 rings (SSSR count). The molecule has 0 fully saturated rings. The molecule has 0 aliphatic carbocycles. The number of nitrogens with zero attached hydrogens (tertiary/aromatic N) is 6. The minimum absolute atomic E-state index is 0.545. The van der Waals surface area contributed by atoms with Gasteiger partial charge in [-0.1, -0.05) is 47.5 Å². The van der Waals surface area contributed by atoms with Crippen molar-refractivity contribution in [3.05, 3.63) is 64.3 Å². The smallest absolute Gasteiger partial charge is 0.181 e. The number of hydrogen-bond donors (Lipinski definition) is 0. The van der Waals surface area contributed by atoms with Gasteiger partial charge in [-0.3, -0.25) is 0 Å². The first-order chi connectivity index (χ1) is 12.5. The van der Waals surface area contributed by atoms with Crippen LogP contribution in [0.15, 0.2) is 48.7 Å². The minimum atomic E-state index is 0.545. The lowest BCUT2D eigenvalue weighted by molar-refractivity contribution is 0.714. The number of aromatic nitrogens is 6. The Kier molecular flexibility index (Phi) is 4.22. The molecule has 2 aromatic heterocycles. The third-order valence-electron chi connectivity index (χ3n) is 4.13. The first-order valence-corrected chi connectivity index (χ1v) is 8.63. The van der Waals surface area contributed by atoms with Gasteiger partial charge in [-0.2, -0.15) is 5.10 Å². The summed E-state index contributed by atoms with van der Waals surface area (Å²) in [5.74, 6) is 0.711. The number of aryl methyl sites for hydroxylation is 2. The highest BCUT2D eigenvalue weighted by atomic mass is 35.5. The van der Waals surface area contributed by atoms with Gasteiger partial charge < -0.3 is 0 Å². The van der Waals surface area contributed by atoms with Gasteiger partial charge in [-0.05, 0) is 41.1 Å². The van der Waals surface area contributed by atoms with Crippen LogP contribution in [0.3, 0.4) is 0 Å². The molecular formula is C18H14Cl2N6. The van der Waals surface area contributed by atoms with Crippen molar-refractivity contribution >= 4 is 23.2 Å². The largest absolute Gasteiger partial charge is 0.231 e. The van der Waals surface area contributed by atoms with Crippen molar-refractivity contribution in [3.8, 4) is 28.3 Å². The van der Waals surface area contributed by atoms with Crippen molar-refractivity contribution in [1.82, 2.24) is 30.0 Å². The zero-order chi connectivity index (χ0) is 18.3. The van der Waals surface area contributed by atoms with Crippen LogP contribution in [0.1, 0.15) is 5.56 Å². The summed E-state index contributed by atoms with van der Waals surface area (Å²) in [6.45, 7) is 2.02. The van der Waals surface area contributed by atoms with E-state index in [1.165, 1.54) is 0 Å². The van der Waals surface area contributed by atoms with Crippen LogP contribution in [-0.2, 0) is 7.05 Å². The highest BCUT2D eigenvalue weighted by Gasteiger charge is 2.15. The van der Waals surface area contributed by atoms with Crippen molar-refractivity contribution in [2.45, 2.75) is 6.92 Å². The Labute approximate surface area is 160 Å². The maximum absolute atomic E-state index is 6.37. The van der Waals surface area contributed by atoms with Crippen LogP contribution in [0.4, 0.5) is 0 Å². The Hall–Kier alpha value is -2.70. The maximum atomic E-state index is 6.37. The Balaban J connectivity index is 1.79. The Morgan fingerprint density at radius 2 is 1.69 bits per heavy atom. The highest BCUT2D eigenvalue weighted by molar-refractivity contribution is 6.35. The number of tetrazole rings is 1. The standard InChI is InChI=1S/C18H14Cl2N6/c1-11-10-21-26(16-8-7-14(19)9-15(16)20)17(11)12-3-5-13(6-4-12)18-22-23-24-25(18)2/h3-10H,1-2H3. The van der Waals surface area contributed by atoms with Crippen molar-refractivity contribution < 1.29 is 0 Å². The molecule has 0 amide bonds. The SMILES string of the molecule is Cc1cnn(-c2ccc(Cl)cc2Cl)c1-c1ccc(-c2nnnn2C)cc1. The van der Waals surface area contributed by atoms with Gasteiger partial charge in [-0.25, -0.2) is 9.36 Å². The van der Waals surface area contributed by atoms with E-state index in [9.17, 15) is 0 Å². The summed E-state index contributed by atoms with van der Waals surface area (Å²) in [4.78, 5) is 0. The Bertz CT molecular complexity index is 1080. The van der Waals surface area contributed by atoms with Gasteiger partial charge in [0.05, 0.1) is 22.6 Å². The van der Waals surface area contributed by atoms with E-state index >= 15 is 0 Å². The molecule has 0 aliphatic heterocycles. The first kappa shape index (κ1) is 16.8. The molecule has 26 heavy (non-hydrogen) atoms. The van der Waals surface area contributed by atoms with E-state index in [-0.39, 0.29) is 0 Å². The summed E-state index contributed by atoms with van der Waals surface area (Å²) in [6.07, 6.45) is 1.82. The topological polar surface area (TPSA) is 61.4 Å². The Morgan fingerprint density at radius 3 is 2.35 bits per heavy atom. The fourth-order valence-electron chi connectivity index (χ4n) is 2.87. The molecule has 0 atom stereocenters. The van der Waals surface area contributed by atoms with E-state index in [1.54, 1.807) is 16.8 Å². The second-order valence-electron chi connectivity index (χ2n) is 5.89. The lowest BCUT2D eigenvalue weighted by atomic mass is 10.1. The lowest BCUT2D eigenvalue weighted by Gasteiger charge is -2.11. The maximum Gasteiger partial charge on any atom is 0.181 e. The number of rotatable bonds is 3. The molecule has 0 radical (unpaired) electrons. The fraction of sp³-hybridized carbons (Fsp3) is 0.111. The highest BCUT2D eigenvalue weighted by Crippen LogP contribution is 2.31. The van der Waals surface area contributed by atoms with Gasteiger partial charge in [0.15, 0.2) is 5.82 Å².